The Morgan fingerprint density at radius 2 is 2.11 bits per heavy atom. The molecule has 0 amide bonds. The Bertz CT molecular complexity index is 111. The van der Waals surface area contributed by atoms with Gasteiger partial charge >= 0.3 is 0 Å². The minimum absolute atomic E-state index is 0.181. The molecule has 2 heteroatoms. The zero-order chi connectivity index (χ0) is 6.69. The van der Waals surface area contributed by atoms with E-state index in [2.05, 4.69) is 12.2 Å². The highest BCUT2D eigenvalue weighted by Gasteiger charge is 2.16. The largest absolute Gasteiger partial charge is 0.396 e. The molecule has 52 valence electrons. The van der Waals surface area contributed by atoms with E-state index in [1.54, 1.807) is 0 Å². The zero-order valence-corrected chi connectivity index (χ0v) is 5.46. The minimum atomic E-state index is 0.181. The van der Waals surface area contributed by atoms with Crippen molar-refractivity contribution in [3.05, 3.63) is 12.2 Å². The highest BCUT2D eigenvalue weighted by molar-refractivity contribution is 4.96. The quantitative estimate of drug-likeness (QED) is 0.497. The Kier molecular flexibility index (Phi) is 2.25. The fourth-order valence-electron chi connectivity index (χ4n) is 1.10. The zero-order valence-electron chi connectivity index (χ0n) is 5.46. The third-order valence-electron chi connectivity index (χ3n) is 1.85. The molecule has 0 aliphatic heterocycles. The summed E-state index contributed by atoms with van der Waals surface area (Å²) in [4.78, 5) is 0. The van der Waals surface area contributed by atoms with Gasteiger partial charge in [0.05, 0.1) is 0 Å². The second-order valence-electron chi connectivity index (χ2n) is 2.55. The summed E-state index contributed by atoms with van der Waals surface area (Å²) in [6.45, 7) is 0.228. The molecule has 0 spiro atoms. The highest BCUT2D eigenvalue weighted by Crippen LogP contribution is 2.15. The lowest BCUT2D eigenvalue weighted by atomic mass is 9.91. The molecular weight excluding hydrogens is 114 g/mol. The van der Waals surface area contributed by atoms with E-state index in [-0.39, 0.29) is 12.6 Å². The number of rotatable bonds is 1. The summed E-state index contributed by atoms with van der Waals surface area (Å²) in [7, 11) is 0. The lowest BCUT2D eigenvalue weighted by Gasteiger charge is -2.22. The third-order valence-corrected chi connectivity index (χ3v) is 1.85. The molecule has 1 rings (SSSR count). The SMILES string of the molecule is N[C@@H]1CC=CC[C@H]1CO. The van der Waals surface area contributed by atoms with Crippen molar-refractivity contribution in [3.63, 3.8) is 0 Å². The number of allylic oxidation sites excluding steroid dienone is 1. The summed E-state index contributed by atoms with van der Waals surface area (Å²) in [6.07, 6.45) is 6.03. The van der Waals surface area contributed by atoms with Crippen molar-refractivity contribution in [2.45, 2.75) is 18.9 Å². The van der Waals surface area contributed by atoms with Gasteiger partial charge < -0.3 is 10.8 Å². The summed E-state index contributed by atoms with van der Waals surface area (Å²) in [5.74, 6) is 0.301. The van der Waals surface area contributed by atoms with Crippen molar-refractivity contribution in [2.24, 2.45) is 11.7 Å². The lowest BCUT2D eigenvalue weighted by Crippen LogP contribution is -2.33. The number of hydrogen-bond acceptors (Lipinski definition) is 2. The monoisotopic (exact) mass is 127 g/mol. The maximum Gasteiger partial charge on any atom is 0.0477 e. The predicted molar refractivity (Wildman–Crippen MR) is 36.9 cm³/mol. The van der Waals surface area contributed by atoms with E-state index in [9.17, 15) is 0 Å². The average Bonchev–Trinajstić information content (AvgIpc) is 1.89. The molecule has 0 aromatic rings. The first-order chi connectivity index (χ1) is 4.34. The molecule has 0 fully saturated rings. The van der Waals surface area contributed by atoms with E-state index in [4.69, 9.17) is 10.8 Å². The van der Waals surface area contributed by atoms with Crippen molar-refractivity contribution in [3.8, 4) is 0 Å². The van der Waals surface area contributed by atoms with Gasteiger partial charge in [-0.25, -0.2) is 0 Å². The first-order valence-electron chi connectivity index (χ1n) is 3.36. The van der Waals surface area contributed by atoms with Gasteiger partial charge in [-0.15, -0.1) is 0 Å². The second kappa shape index (κ2) is 2.99. The Hall–Kier alpha value is -0.340. The summed E-state index contributed by atoms with van der Waals surface area (Å²) < 4.78 is 0. The maximum absolute atomic E-state index is 8.75. The second-order valence-corrected chi connectivity index (χ2v) is 2.55. The topological polar surface area (TPSA) is 46.2 Å². The van der Waals surface area contributed by atoms with Crippen molar-refractivity contribution in [1.29, 1.82) is 0 Å². The molecule has 0 unspecified atom stereocenters. The van der Waals surface area contributed by atoms with Gasteiger partial charge in [0, 0.05) is 18.6 Å². The molecule has 1 aliphatic rings. The van der Waals surface area contributed by atoms with Crippen LogP contribution in [0.1, 0.15) is 12.8 Å². The molecule has 0 bridgehead atoms. The molecule has 0 radical (unpaired) electrons. The fraction of sp³-hybridized carbons (Fsp3) is 0.714. The summed E-state index contributed by atoms with van der Waals surface area (Å²) >= 11 is 0. The van der Waals surface area contributed by atoms with Crippen LogP contribution in [-0.2, 0) is 0 Å². The molecule has 0 saturated carbocycles. The van der Waals surface area contributed by atoms with Crippen LogP contribution in [0.5, 0.6) is 0 Å². The molecule has 2 nitrogen and oxygen atoms in total. The van der Waals surface area contributed by atoms with Crippen LogP contribution in [-0.4, -0.2) is 17.8 Å². The van der Waals surface area contributed by atoms with E-state index in [1.165, 1.54) is 0 Å². The first-order valence-corrected chi connectivity index (χ1v) is 3.36. The lowest BCUT2D eigenvalue weighted by molar-refractivity contribution is 0.202. The van der Waals surface area contributed by atoms with Crippen LogP contribution < -0.4 is 5.73 Å². The van der Waals surface area contributed by atoms with Gasteiger partial charge in [-0.1, -0.05) is 12.2 Å². The van der Waals surface area contributed by atoms with Crippen molar-refractivity contribution in [2.75, 3.05) is 6.61 Å². The van der Waals surface area contributed by atoms with Gasteiger partial charge in [-0.2, -0.15) is 0 Å². The van der Waals surface area contributed by atoms with Crippen molar-refractivity contribution >= 4 is 0 Å². The van der Waals surface area contributed by atoms with E-state index >= 15 is 0 Å². The number of nitrogens with two attached hydrogens (primary N) is 1. The van der Waals surface area contributed by atoms with Gasteiger partial charge in [-0.05, 0) is 12.8 Å². The molecule has 0 saturated heterocycles. The highest BCUT2D eigenvalue weighted by atomic mass is 16.3. The van der Waals surface area contributed by atoms with Crippen LogP contribution in [0.25, 0.3) is 0 Å². The normalized spacial score (nSPS) is 34.9. The molecule has 3 N–H and O–H groups in total. The molecular formula is C7H13NO. The minimum Gasteiger partial charge on any atom is -0.396 e. The Morgan fingerprint density at radius 1 is 1.44 bits per heavy atom. The summed E-state index contributed by atoms with van der Waals surface area (Å²) in [5, 5.41) is 8.75. The van der Waals surface area contributed by atoms with Gasteiger partial charge in [0.2, 0.25) is 0 Å². The van der Waals surface area contributed by atoms with E-state index < -0.39 is 0 Å². The first kappa shape index (κ1) is 6.78. The Labute approximate surface area is 55.4 Å². The van der Waals surface area contributed by atoms with Crippen molar-refractivity contribution < 1.29 is 5.11 Å². The number of hydrogen-bond donors (Lipinski definition) is 2. The van der Waals surface area contributed by atoms with Crippen LogP contribution in [0, 0.1) is 5.92 Å². The van der Waals surface area contributed by atoms with Crippen LogP contribution in [0.15, 0.2) is 12.2 Å². The van der Waals surface area contributed by atoms with E-state index in [0.29, 0.717) is 5.92 Å². The Balaban J connectivity index is 2.43. The average molecular weight is 127 g/mol. The van der Waals surface area contributed by atoms with Gasteiger partial charge in [-0.3, -0.25) is 0 Å². The predicted octanol–water partition coefficient (Wildman–Crippen LogP) is 0.272. The van der Waals surface area contributed by atoms with Crippen LogP contribution in [0.3, 0.4) is 0 Å². The van der Waals surface area contributed by atoms with E-state index in [0.717, 1.165) is 12.8 Å². The fourth-order valence-corrected chi connectivity index (χ4v) is 1.10. The summed E-state index contributed by atoms with van der Waals surface area (Å²) in [5.41, 5.74) is 5.68. The molecule has 1 aliphatic carbocycles. The molecule has 9 heavy (non-hydrogen) atoms. The van der Waals surface area contributed by atoms with Crippen LogP contribution >= 0.6 is 0 Å². The van der Waals surface area contributed by atoms with Crippen molar-refractivity contribution in [1.82, 2.24) is 0 Å². The maximum atomic E-state index is 8.75. The molecule has 0 aromatic carbocycles. The number of aliphatic hydroxyl groups is 1. The van der Waals surface area contributed by atoms with Gasteiger partial charge in [0.15, 0.2) is 0 Å². The number of aliphatic hydroxyl groups excluding tert-OH is 1. The molecule has 0 heterocycles. The van der Waals surface area contributed by atoms with Gasteiger partial charge in [0.1, 0.15) is 0 Å². The Morgan fingerprint density at radius 3 is 2.56 bits per heavy atom. The smallest absolute Gasteiger partial charge is 0.0477 e. The summed E-state index contributed by atoms with van der Waals surface area (Å²) in [6, 6.07) is 0.181. The molecule has 0 aromatic heterocycles. The van der Waals surface area contributed by atoms with Crippen LogP contribution in [0.4, 0.5) is 0 Å². The molecule has 2 atom stereocenters. The van der Waals surface area contributed by atoms with E-state index in [1.807, 2.05) is 0 Å². The van der Waals surface area contributed by atoms with Gasteiger partial charge in [0.25, 0.3) is 0 Å². The third kappa shape index (κ3) is 1.53. The van der Waals surface area contributed by atoms with Crippen LogP contribution in [0.2, 0.25) is 0 Å². The standard InChI is InChI=1S/C7H13NO/c8-7-4-2-1-3-6(7)5-9/h1-2,6-7,9H,3-5,8H2/t6-,7+/m0/s1.